The molecule has 7 heteroatoms. The maximum Gasteiger partial charge on any atom is 0.272 e. The Hall–Kier alpha value is -0.970. The molecular formula is C11H14NO4PS. The number of rotatable bonds is 3. The van der Waals surface area contributed by atoms with Gasteiger partial charge < -0.3 is 5.11 Å². The first-order chi connectivity index (χ1) is 8.42. The van der Waals surface area contributed by atoms with Crippen molar-refractivity contribution < 1.29 is 18.3 Å². The van der Waals surface area contributed by atoms with E-state index in [0.717, 1.165) is 4.31 Å². The zero-order chi connectivity index (χ0) is 13.4. The maximum absolute atomic E-state index is 12.2. The molecule has 0 aliphatic carbocycles. The van der Waals surface area contributed by atoms with Gasteiger partial charge in [-0.1, -0.05) is 26.8 Å². The molecule has 98 valence electrons. The van der Waals surface area contributed by atoms with Crippen molar-refractivity contribution in [3.05, 3.63) is 30.3 Å². The summed E-state index contributed by atoms with van der Waals surface area (Å²) in [4.78, 5) is 12.1. The normalized spacial score (nSPS) is 25.2. The molecule has 0 radical (unpaired) electrons. The molecule has 1 aromatic carbocycles. The molecule has 1 aliphatic heterocycles. The summed E-state index contributed by atoms with van der Waals surface area (Å²) in [7, 11) is -3.87. The number of nitrogens with zero attached hydrogens (tertiary/aromatic N) is 1. The van der Waals surface area contributed by atoms with E-state index in [2.05, 4.69) is 0 Å². The van der Waals surface area contributed by atoms with E-state index >= 15 is 0 Å². The molecule has 2 atom stereocenters. The Morgan fingerprint density at radius 3 is 2.44 bits per heavy atom. The molecule has 1 aliphatic rings. The van der Waals surface area contributed by atoms with Gasteiger partial charge in [0.15, 0.2) is 5.34 Å². The van der Waals surface area contributed by atoms with E-state index in [4.69, 9.17) is 0 Å². The third-order valence-corrected chi connectivity index (χ3v) is 6.09. The van der Waals surface area contributed by atoms with Crippen LogP contribution < -0.4 is 0 Å². The fourth-order valence-electron chi connectivity index (χ4n) is 1.86. The van der Waals surface area contributed by atoms with Crippen molar-refractivity contribution in [3.8, 4) is 0 Å². The molecule has 0 spiro atoms. The van der Waals surface area contributed by atoms with E-state index in [1.54, 1.807) is 24.9 Å². The number of carbonyl (C=O) groups excluding carboxylic acids is 1. The third kappa shape index (κ3) is 2.05. The van der Waals surface area contributed by atoms with Crippen molar-refractivity contribution >= 4 is 24.5 Å². The SMILES string of the molecule is CPC1(O)CCN(S(=O)(=O)c2ccccc2)C1=O. The Kier molecular flexibility index (Phi) is 3.45. The van der Waals surface area contributed by atoms with Gasteiger partial charge >= 0.3 is 0 Å². The highest BCUT2D eigenvalue weighted by molar-refractivity contribution is 7.89. The molecule has 5 nitrogen and oxygen atoms in total. The van der Waals surface area contributed by atoms with Crippen LogP contribution in [0.15, 0.2) is 35.2 Å². The van der Waals surface area contributed by atoms with Gasteiger partial charge in [-0.25, -0.2) is 12.7 Å². The van der Waals surface area contributed by atoms with Gasteiger partial charge in [-0.3, -0.25) is 4.79 Å². The topological polar surface area (TPSA) is 74.7 Å². The third-order valence-electron chi connectivity index (χ3n) is 3.00. The molecule has 0 aromatic heterocycles. The first-order valence-electron chi connectivity index (χ1n) is 5.45. The average Bonchev–Trinajstić information content (AvgIpc) is 2.68. The van der Waals surface area contributed by atoms with Crippen LogP contribution in [0, 0.1) is 0 Å². The van der Waals surface area contributed by atoms with Crippen LogP contribution in [0.1, 0.15) is 6.42 Å². The largest absolute Gasteiger partial charge is 0.376 e. The van der Waals surface area contributed by atoms with Crippen LogP contribution in [0.4, 0.5) is 0 Å². The second-order valence-corrected chi connectivity index (χ2v) is 7.25. The Morgan fingerprint density at radius 1 is 1.33 bits per heavy atom. The fourth-order valence-corrected chi connectivity index (χ4v) is 4.11. The fraction of sp³-hybridized carbons (Fsp3) is 0.364. The van der Waals surface area contributed by atoms with Gasteiger partial charge in [-0.2, -0.15) is 0 Å². The van der Waals surface area contributed by atoms with Crippen LogP contribution in [0.2, 0.25) is 0 Å². The van der Waals surface area contributed by atoms with Gasteiger partial charge in [0.05, 0.1) is 4.90 Å². The number of amides is 1. The number of carbonyl (C=O) groups is 1. The lowest BCUT2D eigenvalue weighted by Gasteiger charge is -2.20. The van der Waals surface area contributed by atoms with Crippen LogP contribution in [0.5, 0.6) is 0 Å². The van der Waals surface area contributed by atoms with E-state index in [0.29, 0.717) is 0 Å². The summed E-state index contributed by atoms with van der Waals surface area (Å²) in [5.41, 5.74) is 0. The minimum absolute atomic E-state index is 0.0327. The monoisotopic (exact) mass is 287 g/mol. The summed E-state index contributed by atoms with van der Waals surface area (Å²) in [6.45, 7) is 1.73. The van der Waals surface area contributed by atoms with Gasteiger partial charge in [0.2, 0.25) is 0 Å². The Bertz CT molecular complexity index is 560. The maximum atomic E-state index is 12.2. The van der Waals surface area contributed by atoms with Gasteiger partial charge in [-0.05, 0) is 18.8 Å². The van der Waals surface area contributed by atoms with Gasteiger partial charge in [-0.15, -0.1) is 0 Å². The zero-order valence-electron chi connectivity index (χ0n) is 9.83. The van der Waals surface area contributed by atoms with E-state index in [9.17, 15) is 18.3 Å². The summed E-state index contributed by atoms with van der Waals surface area (Å²) >= 11 is 0. The van der Waals surface area contributed by atoms with E-state index < -0.39 is 21.3 Å². The summed E-state index contributed by atoms with van der Waals surface area (Å²) in [6.07, 6.45) is 0.160. The molecule has 18 heavy (non-hydrogen) atoms. The molecule has 0 bridgehead atoms. The van der Waals surface area contributed by atoms with Gasteiger partial charge in [0.1, 0.15) is 0 Å². The summed E-state index contributed by atoms with van der Waals surface area (Å²) in [5.74, 6) is -0.716. The quantitative estimate of drug-likeness (QED) is 0.826. The van der Waals surface area contributed by atoms with Crippen LogP contribution in [-0.4, -0.2) is 42.3 Å². The predicted molar refractivity (Wildman–Crippen MR) is 69.1 cm³/mol. The van der Waals surface area contributed by atoms with Crippen molar-refractivity contribution in [2.24, 2.45) is 0 Å². The summed E-state index contributed by atoms with van der Waals surface area (Å²) in [6, 6.07) is 7.78. The molecule has 2 unspecified atom stereocenters. The van der Waals surface area contributed by atoms with Crippen molar-refractivity contribution in [1.82, 2.24) is 4.31 Å². The van der Waals surface area contributed by atoms with Crippen molar-refractivity contribution in [3.63, 3.8) is 0 Å². The second-order valence-electron chi connectivity index (χ2n) is 4.06. The number of hydrogen-bond donors (Lipinski definition) is 1. The van der Waals surface area contributed by atoms with Crippen molar-refractivity contribution in [1.29, 1.82) is 0 Å². The molecule has 1 fully saturated rings. The molecule has 1 saturated heterocycles. The van der Waals surface area contributed by atoms with Crippen LogP contribution in [-0.2, 0) is 14.8 Å². The standard InChI is InChI=1S/C11H14NO4PS/c1-17-11(14)7-8-12(10(11)13)18(15,16)9-5-3-2-4-6-9/h2-6,14,17H,7-8H2,1H3. The molecule has 1 heterocycles. The minimum Gasteiger partial charge on any atom is -0.376 e. The summed E-state index contributed by atoms with van der Waals surface area (Å²) < 4.78 is 25.3. The molecule has 2 rings (SSSR count). The molecule has 1 N–H and O–H groups in total. The first kappa shape index (κ1) is 13.5. The zero-order valence-corrected chi connectivity index (χ0v) is 11.6. The van der Waals surface area contributed by atoms with Crippen LogP contribution >= 0.6 is 8.58 Å². The Morgan fingerprint density at radius 2 is 1.94 bits per heavy atom. The van der Waals surface area contributed by atoms with Gasteiger partial charge in [0, 0.05) is 13.0 Å². The second kappa shape index (κ2) is 4.61. The molecule has 1 aromatic rings. The number of aliphatic hydroxyl groups is 1. The first-order valence-corrected chi connectivity index (χ1v) is 8.39. The molecule has 0 saturated carbocycles. The molecular weight excluding hydrogens is 273 g/mol. The Labute approximate surface area is 108 Å². The van der Waals surface area contributed by atoms with Crippen LogP contribution in [0.3, 0.4) is 0 Å². The lowest BCUT2D eigenvalue weighted by molar-refractivity contribution is -0.132. The molecule has 1 amide bonds. The predicted octanol–water partition coefficient (Wildman–Crippen LogP) is 0.605. The average molecular weight is 287 g/mol. The van der Waals surface area contributed by atoms with E-state index in [-0.39, 0.29) is 26.4 Å². The number of sulfonamides is 1. The lowest BCUT2D eigenvalue weighted by Crippen LogP contribution is -2.39. The highest BCUT2D eigenvalue weighted by Crippen LogP contribution is 2.38. The highest BCUT2D eigenvalue weighted by atomic mass is 32.2. The minimum atomic E-state index is -3.84. The highest BCUT2D eigenvalue weighted by Gasteiger charge is 2.48. The van der Waals surface area contributed by atoms with Gasteiger partial charge in [0.25, 0.3) is 15.9 Å². The van der Waals surface area contributed by atoms with E-state index in [1.807, 2.05) is 0 Å². The number of hydrogen-bond acceptors (Lipinski definition) is 4. The lowest BCUT2D eigenvalue weighted by atomic mass is 10.3. The van der Waals surface area contributed by atoms with Crippen LogP contribution in [0.25, 0.3) is 0 Å². The smallest absolute Gasteiger partial charge is 0.272 e. The van der Waals surface area contributed by atoms with E-state index in [1.165, 1.54) is 12.1 Å². The number of benzene rings is 1. The van der Waals surface area contributed by atoms with Crippen molar-refractivity contribution in [2.75, 3.05) is 13.2 Å². The van der Waals surface area contributed by atoms with Crippen molar-refractivity contribution in [2.45, 2.75) is 16.7 Å². The summed E-state index contributed by atoms with van der Waals surface area (Å²) in [5, 5.41) is 8.49. The Balaban J connectivity index is 2.37.